The Kier molecular flexibility index (Phi) is 7.55. The second kappa shape index (κ2) is 10.1. The molecule has 0 aliphatic carbocycles. The molecule has 0 saturated heterocycles. The number of para-hydroxylation sites is 1. The van der Waals surface area contributed by atoms with Crippen molar-refractivity contribution in [3.63, 3.8) is 0 Å². The Bertz CT molecular complexity index is 913. The largest absolute Gasteiger partial charge is 0.495 e. The summed E-state index contributed by atoms with van der Waals surface area (Å²) in [5, 5.41) is 9.65. The van der Waals surface area contributed by atoms with E-state index in [0.717, 1.165) is 61.3 Å². The third-order valence-corrected chi connectivity index (χ3v) is 7.75. The first-order valence-electron chi connectivity index (χ1n) is 10.9. The molecule has 1 aliphatic heterocycles. The van der Waals surface area contributed by atoms with Crippen LogP contribution in [0, 0.1) is 16.7 Å². The molecule has 0 radical (unpaired) electrons. The molecule has 1 atom stereocenters. The fraction of sp³-hybridized carbons (Fsp3) is 0.480. The lowest BCUT2D eigenvalue weighted by molar-refractivity contribution is 0.272. The van der Waals surface area contributed by atoms with E-state index >= 15 is 0 Å². The third kappa shape index (κ3) is 4.70. The summed E-state index contributed by atoms with van der Waals surface area (Å²) < 4.78 is 19.1. The maximum atomic E-state index is 13.6. The smallest absolute Gasteiger partial charge is 0.137 e. The zero-order valence-corrected chi connectivity index (χ0v) is 19.1. The van der Waals surface area contributed by atoms with Crippen molar-refractivity contribution in [3.05, 3.63) is 48.0 Å². The summed E-state index contributed by atoms with van der Waals surface area (Å²) in [6, 6.07) is 16.2. The molecule has 30 heavy (non-hydrogen) atoms. The maximum Gasteiger partial charge on any atom is 0.137 e. The van der Waals surface area contributed by atoms with Crippen LogP contribution in [-0.2, 0) is 10.8 Å². The standard InChI is InChI=1S/C25H32N2O2S/c1-4-6-13-25(14-7-5-2)18-27(21-11-9-8-10-12-21)22-15-20(17-26)23(29-3)16-24(22)30(28)19-25/h8-12,15-16H,4-7,13-14,18-19H2,1-3H3. The Morgan fingerprint density at radius 3 is 2.37 bits per heavy atom. The number of ether oxygens (including phenoxy) is 1. The zero-order valence-electron chi connectivity index (χ0n) is 18.3. The van der Waals surface area contributed by atoms with Crippen molar-refractivity contribution in [2.75, 3.05) is 24.3 Å². The first-order valence-corrected chi connectivity index (χ1v) is 12.2. The molecule has 0 bridgehead atoms. The van der Waals surface area contributed by atoms with Crippen LogP contribution in [-0.4, -0.2) is 23.6 Å². The lowest BCUT2D eigenvalue weighted by Crippen LogP contribution is -2.37. The number of benzene rings is 2. The molecule has 3 rings (SSSR count). The molecular weight excluding hydrogens is 392 g/mol. The number of unbranched alkanes of at least 4 members (excludes halogenated alkanes) is 2. The van der Waals surface area contributed by atoms with Crippen molar-refractivity contribution in [1.29, 1.82) is 5.26 Å². The summed E-state index contributed by atoms with van der Waals surface area (Å²) in [5.41, 5.74) is 2.39. The highest BCUT2D eigenvalue weighted by atomic mass is 32.2. The number of hydrogen-bond acceptors (Lipinski definition) is 4. The number of methoxy groups -OCH3 is 1. The predicted molar refractivity (Wildman–Crippen MR) is 124 cm³/mol. The van der Waals surface area contributed by atoms with Gasteiger partial charge in [0.25, 0.3) is 0 Å². The minimum atomic E-state index is -1.16. The summed E-state index contributed by atoms with van der Waals surface area (Å²) in [4.78, 5) is 3.05. The van der Waals surface area contributed by atoms with E-state index in [0.29, 0.717) is 17.1 Å². The molecule has 1 heterocycles. The summed E-state index contributed by atoms with van der Waals surface area (Å²) in [5.74, 6) is 1.14. The molecule has 160 valence electrons. The first-order chi connectivity index (χ1) is 14.6. The predicted octanol–water partition coefficient (Wildman–Crippen LogP) is 6.19. The van der Waals surface area contributed by atoms with Gasteiger partial charge < -0.3 is 9.64 Å². The van der Waals surface area contributed by atoms with Gasteiger partial charge in [0.2, 0.25) is 0 Å². The van der Waals surface area contributed by atoms with Gasteiger partial charge >= 0.3 is 0 Å². The van der Waals surface area contributed by atoms with Crippen LogP contribution in [0.25, 0.3) is 0 Å². The Hall–Kier alpha value is -2.32. The van der Waals surface area contributed by atoms with Crippen molar-refractivity contribution in [1.82, 2.24) is 0 Å². The normalized spacial score (nSPS) is 17.7. The quantitative estimate of drug-likeness (QED) is 0.507. The van der Waals surface area contributed by atoms with Crippen molar-refractivity contribution >= 4 is 22.2 Å². The number of anilines is 2. The SMILES string of the molecule is CCCCC1(CCCC)CN(c2ccccc2)c2cc(C#N)c(OC)cc2S(=O)C1. The number of nitrogens with zero attached hydrogens (tertiary/aromatic N) is 2. The summed E-state index contributed by atoms with van der Waals surface area (Å²) in [7, 11) is 0.403. The molecular formula is C25H32N2O2S. The molecule has 2 aromatic carbocycles. The molecule has 1 aliphatic rings. The van der Waals surface area contributed by atoms with Crippen LogP contribution < -0.4 is 9.64 Å². The summed E-state index contributed by atoms with van der Waals surface area (Å²) in [6.07, 6.45) is 6.65. The van der Waals surface area contributed by atoms with Crippen LogP contribution in [0.15, 0.2) is 47.4 Å². The first kappa shape index (κ1) is 22.4. The Balaban J connectivity index is 2.18. The maximum absolute atomic E-state index is 13.6. The minimum Gasteiger partial charge on any atom is -0.495 e. The van der Waals surface area contributed by atoms with Crippen LogP contribution in [0.5, 0.6) is 5.75 Å². The van der Waals surface area contributed by atoms with Gasteiger partial charge in [0.1, 0.15) is 11.8 Å². The van der Waals surface area contributed by atoms with E-state index < -0.39 is 10.8 Å². The fourth-order valence-electron chi connectivity index (χ4n) is 4.39. The van der Waals surface area contributed by atoms with Gasteiger partial charge in [-0.3, -0.25) is 4.21 Å². The van der Waals surface area contributed by atoms with Crippen molar-refractivity contribution in [2.45, 2.75) is 57.3 Å². The number of hydrogen-bond donors (Lipinski definition) is 0. The average molecular weight is 425 g/mol. The van der Waals surface area contributed by atoms with E-state index in [1.165, 1.54) is 0 Å². The highest BCUT2D eigenvalue weighted by Gasteiger charge is 2.39. The molecule has 0 fully saturated rings. The third-order valence-electron chi connectivity index (χ3n) is 6.06. The van der Waals surface area contributed by atoms with Gasteiger partial charge in [-0.2, -0.15) is 5.26 Å². The number of rotatable bonds is 8. The van der Waals surface area contributed by atoms with E-state index in [1.54, 1.807) is 7.11 Å². The van der Waals surface area contributed by atoms with Gasteiger partial charge in [-0.05, 0) is 37.1 Å². The number of nitriles is 1. The van der Waals surface area contributed by atoms with Gasteiger partial charge in [0.15, 0.2) is 0 Å². The summed E-state index contributed by atoms with van der Waals surface area (Å²) in [6.45, 7) is 5.25. The van der Waals surface area contributed by atoms with Crippen LogP contribution in [0.1, 0.15) is 57.9 Å². The van der Waals surface area contributed by atoms with Gasteiger partial charge in [-0.1, -0.05) is 57.7 Å². The second-order valence-electron chi connectivity index (χ2n) is 8.25. The minimum absolute atomic E-state index is 0.0220. The van der Waals surface area contributed by atoms with Crippen molar-refractivity contribution in [2.24, 2.45) is 5.41 Å². The molecule has 1 unspecified atom stereocenters. The van der Waals surface area contributed by atoms with Gasteiger partial charge in [0.05, 0.1) is 34.1 Å². The van der Waals surface area contributed by atoms with Crippen LogP contribution in [0.4, 0.5) is 11.4 Å². The lowest BCUT2D eigenvalue weighted by Gasteiger charge is -2.37. The van der Waals surface area contributed by atoms with Gasteiger partial charge in [-0.15, -0.1) is 0 Å². The molecule has 4 nitrogen and oxygen atoms in total. The second-order valence-corrected chi connectivity index (χ2v) is 9.67. The lowest BCUT2D eigenvalue weighted by atomic mass is 9.79. The van der Waals surface area contributed by atoms with E-state index in [-0.39, 0.29) is 5.41 Å². The van der Waals surface area contributed by atoms with E-state index in [2.05, 4.69) is 36.9 Å². The van der Waals surface area contributed by atoms with E-state index in [9.17, 15) is 9.47 Å². The molecule has 0 saturated carbocycles. The molecule has 0 N–H and O–H groups in total. The number of fused-ring (bicyclic) bond motifs is 1. The van der Waals surface area contributed by atoms with Crippen LogP contribution in [0.3, 0.4) is 0 Å². The van der Waals surface area contributed by atoms with Crippen LogP contribution >= 0.6 is 0 Å². The highest BCUT2D eigenvalue weighted by Crippen LogP contribution is 2.45. The summed E-state index contributed by atoms with van der Waals surface area (Å²) >= 11 is 0. The molecule has 0 aromatic heterocycles. The Morgan fingerprint density at radius 1 is 1.13 bits per heavy atom. The molecule has 5 heteroatoms. The molecule has 0 spiro atoms. The average Bonchev–Trinajstić information content (AvgIpc) is 2.90. The van der Waals surface area contributed by atoms with Gasteiger partial charge in [0, 0.05) is 23.4 Å². The molecule has 0 amide bonds. The van der Waals surface area contributed by atoms with E-state index in [1.807, 2.05) is 30.3 Å². The van der Waals surface area contributed by atoms with E-state index in [4.69, 9.17) is 4.74 Å². The van der Waals surface area contributed by atoms with Gasteiger partial charge in [-0.25, -0.2) is 0 Å². The Labute approximate surface area is 183 Å². The van der Waals surface area contributed by atoms with Crippen molar-refractivity contribution in [3.8, 4) is 11.8 Å². The Morgan fingerprint density at radius 2 is 1.80 bits per heavy atom. The van der Waals surface area contributed by atoms with Crippen molar-refractivity contribution < 1.29 is 8.95 Å². The molecule has 2 aromatic rings. The zero-order chi connectivity index (χ0) is 21.6. The van der Waals surface area contributed by atoms with Crippen LogP contribution in [0.2, 0.25) is 0 Å². The fourth-order valence-corrected chi connectivity index (χ4v) is 6.12. The topological polar surface area (TPSA) is 53.3 Å². The highest BCUT2D eigenvalue weighted by molar-refractivity contribution is 7.85. The monoisotopic (exact) mass is 424 g/mol.